The van der Waals surface area contributed by atoms with Crippen LogP contribution in [-0.4, -0.2) is 51.0 Å². The van der Waals surface area contributed by atoms with Gasteiger partial charge in [0.25, 0.3) is 0 Å². The molecule has 0 atom stereocenters. The van der Waals surface area contributed by atoms with Crippen LogP contribution in [0, 0.1) is 0 Å². The number of nitrogens with zero attached hydrogens (tertiary/aromatic N) is 3. The number of hydrogen-bond acceptors (Lipinski definition) is 6. The molecular weight excluding hydrogens is 557 g/mol. The molecule has 1 fully saturated rings. The van der Waals surface area contributed by atoms with Gasteiger partial charge in [-0.3, -0.25) is 0 Å². The fraction of sp³-hybridized carbons (Fsp3) is 0.286. The molecule has 4 rings (SSSR count). The van der Waals surface area contributed by atoms with E-state index in [-0.39, 0.29) is 4.90 Å². The highest BCUT2D eigenvalue weighted by molar-refractivity contribution is 9.10. The van der Waals surface area contributed by atoms with E-state index in [1.54, 1.807) is 35.6 Å². The van der Waals surface area contributed by atoms with Crippen molar-refractivity contribution in [1.82, 2.24) is 9.29 Å². The normalized spacial score (nSPS) is 15.2. The molecule has 11 heteroatoms. The summed E-state index contributed by atoms with van der Waals surface area (Å²) in [5, 5.41) is 4.11. The Morgan fingerprint density at radius 3 is 2.56 bits per heavy atom. The number of methoxy groups -OCH3 is 1. The highest BCUT2D eigenvalue weighted by Gasteiger charge is 2.31. The number of rotatable bonds is 6. The molecule has 170 valence electrons. The quantitative estimate of drug-likeness (QED) is 0.397. The van der Waals surface area contributed by atoms with Crippen molar-refractivity contribution >= 4 is 65.6 Å². The number of benzene rings is 2. The molecule has 2 aromatic carbocycles. The summed E-state index contributed by atoms with van der Waals surface area (Å²) in [4.78, 5) is 7.01. The second-order valence-electron chi connectivity index (χ2n) is 7.22. The zero-order valence-corrected chi connectivity index (χ0v) is 21.8. The number of ether oxygens (including phenoxy) is 1. The summed E-state index contributed by atoms with van der Waals surface area (Å²) in [5.41, 5.74) is 1.88. The smallest absolute Gasteiger partial charge is 0.246 e. The second kappa shape index (κ2) is 9.87. The van der Waals surface area contributed by atoms with Gasteiger partial charge in [0.2, 0.25) is 10.0 Å². The Labute approximate surface area is 209 Å². The lowest BCUT2D eigenvalue weighted by molar-refractivity contribution is 0.374. The molecule has 0 radical (unpaired) electrons. The van der Waals surface area contributed by atoms with Gasteiger partial charge in [0.05, 0.1) is 12.8 Å². The monoisotopic (exact) mass is 575 g/mol. The van der Waals surface area contributed by atoms with Crippen molar-refractivity contribution in [2.45, 2.75) is 11.3 Å². The van der Waals surface area contributed by atoms with Gasteiger partial charge in [-0.05, 0) is 35.9 Å². The minimum atomic E-state index is -3.67. The van der Waals surface area contributed by atoms with E-state index in [0.29, 0.717) is 52.9 Å². The van der Waals surface area contributed by atoms with Crippen LogP contribution in [0.4, 0.5) is 5.13 Å². The first-order valence-electron chi connectivity index (χ1n) is 9.75. The lowest BCUT2D eigenvalue weighted by Crippen LogP contribution is -2.48. The van der Waals surface area contributed by atoms with E-state index in [2.05, 4.69) is 20.8 Å². The van der Waals surface area contributed by atoms with Crippen molar-refractivity contribution < 1.29 is 13.2 Å². The molecule has 32 heavy (non-hydrogen) atoms. The van der Waals surface area contributed by atoms with Gasteiger partial charge in [-0.1, -0.05) is 45.2 Å². The molecule has 6 nitrogen and oxygen atoms in total. The molecule has 0 bridgehead atoms. The first kappa shape index (κ1) is 23.8. The van der Waals surface area contributed by atoms with Gasteiger partial charge in [0.1, 0.15) is 10.6 Å². The van der Waals surface area contributed by atoms with Crippen LogP contribution < -0.4 is 9.64 Å². The zero-order valence-electron chi connectivity index (χ0n) is 17.1. The summed E-state index contributed by atoms with van der Waals surface area (Å²) in [6, 6.07) is 10.4. The largest absolute Gasteiger partial charge is 0.495 e. The molecule has 0 aliphatic carbocycles. The summed E-state index contributed by atoms with van der Waals surface area (Å²) < 4.78 is 33.8. The van der Waals surface area contributed by atoms with Gasteiger partial charge in [-0.2, -0.15) is 4.31 Å². The Balaban J connectivity index is 1.44. The Kier molecular flexibility index (Phi) is 7.33. The van der Waals surface area contributed by atoms with Crippen LogP contribution in [0.2, 0.25) is 10.0 Å². The van der Waals surface area contributed by atoms with Crippen LogP contribution >= 0.6 is 50.5 Å². The van der Waals surface area contributed by atoms with Gasteiger partial charge in [0.15, 0.2) is 5.13 Å². The van der Waals surface area contributed by atoms with Gasteiger partial charge < -0.3 is 9.64 Å². The summed E-state index contributed by atoms with van der Waals surface area (Å²) in [7, 11) is -2.20. The highest BCUT2D eigenvalue weighted by Crippen LogP contribution is 2.31. The maximum absolute atomic E-state index is 13.2. The average Bonchev–Trinajstić information content (AvgIpc) is 3.24. The van der Waals surface area contributed by atoms with Gasteiger partial charge >= 0.3 is 0 Å². The Morgan fingerprint density at radius 2 is 1.88 bits per heavy atom. The maximum atomic E-state index is 13.2. The van der Waals surface area contributed by atoms with E-state index in [4.69, 9.17) is 32.9 Å². The number of halogens is 3. The predicted octanol–water partition coefficient (Wildman–Crippen LogP) is 5.32. The van der Waals surface area contributed by atoms with Gasteiger partial charge in [0, 0.05) is 52.5 Å². The summed E-state index contributed by atoms with van der Waals surface area (Å²) in [5.74, 6) is 0.334. The minimum Gasteiger partial charge on any atom is -0.495 e. The van der Waals surface area contributed by atoms with Crippen molar-refractivity contribution in [1.29, 1.82) is 0 Å². The van der Waals surface area contributed by atoms with E-state index < -0.39 is 10.0 Å². The van der Waals surface area contributed by atoms with E-state index in [1.165, 1.54) is 11.4 Å². The number of aromatic nitrogens is 1. The molecular formula is C21H20BrCl2N3O3S2. The van der Waals surface area contributed by atoms with Gasteiger partial charge in [-0.15, -0.1) is 11.3 Å². The maximum Gasteiger partial charge on any atom is 0.246 e. The van der Waals surface area contributed by atoms with Crippen molar-refractivity contribution in [2.75, 3.05) is 38.2 Å². The van der Waals surface area contributed by atoms with E-state index in [0.717, 1.165) is 16.4 Å². The Morgan fingerprint density at radius 1 is 1.12 bits per heavy atom. The van der Waals surface area contributed by atoms with Crippen LogP contribution in [0.1, 0.15) is 11.3 Å². The van der Waals surface area contributed by atoms with Crippen LogP contribution in [-0.2, 0) is 16.4 Å². The molecule has 0 spiro atoms. The number of thiazole rings is 1. The summed E-state index contributed by atoms with van der Waals surface area (Å²) in [6.45, 7) is 1.86. The van der Waals surface area contributed by atoms with Gasteiger partial charge in [-0.25, -0.2) is 13.4 Å². The fourth-order valence-electron chi connectivity index (χ4n) is 3.49. The molecule has 0 saturated carbocycles. The van der Waals surface area contributed by atoms with E-state index in [9.17, 15) is 8.42 Å². The van der Waals surface area contributed by atoms with Crippen molar-refractivity contribution in [3.8, 4) is 5.75 Å². The molecule has 1 aliphatic heterocycles. The first-order valence-corrected chi connectivity index (χ1v) is 13.6. The first-order chi connectivity index (χ1) is 15.3. The summed E-state index contributed by atoms with van der Waals surface area (Å²) in [6.07, 6.45) is 0.615. The standard InChI is InChI=1S/C21H20BrCl2N3O3S2/c1-30-19-5-3-15(22)11-20(19)32(28,29)27-8-6-26(7-9-27)21-25-17(13-31-21)10-14-2-4-16(23)12-18(14)24/h2-5,11-13H,6-10H2,1H3. The molecule has 1 aromatic heterocycles. The van der Waals surface area contributed by atoms with E-state index >= 15 is 0 Å². The SMILES string of the molecule is COc1ccc(Br)cc1S(=O)(=O)N1CCN(c2nc(Cc3ccc(Cl)cc3Cl)cs2)CC1. The molecule has 1 saturated heterocycles. The number of hydrogen-bond donors (Lipinski definition) is 0. The Bertz CT molecular complexity index is 1230. The highest BCUT2D eigenvalue weighted by atomic mass is 79.9. The summed E-state index contributed by atoms with van der Waals surface area (Å²) >= 11 is 17.2. The lowest BCUT2D eigenvalue weighted by Gasteiger charge is -2.34. The number of sulfonamides is 1. The zero-order chi connectivity index (χ0) is 22.9. The molecule has 0 unspecified atom stereocenters. The topological polar surface area (TPSA) is 62.7 Å². The molecule has 3 aromatic rings. The molecule has 2 heterocycles. The third kappa shape index (κ3) is 5.08. The van der Waals surface area contributed by atoms with Crippen LogP contribution in [0.5, 0.6) is 5.75 Å². The number of anilines is 1. The third-order valence-electron chi connectivity index (χ3n) is 5.18. The fourth-order valence-corrected chi connectivity index (χ4v) is 6.96. The van der Waals surface area contributed by atoms with Crippen molar-refractivity contribution in [3.63, 3.8) is 0 Å². The van der Waals surface area contributed by atoms with Crippen LogP contribution in [0.25, 0.3) is 0 Å². The third-order valence-corrected chi connectivity index (χ3v) is 9.13. The molecule has 1 aliphatic rings. The van der Waals surface area contributed by atoms with Crippen LogP contribution in [0.3, 0.4) is 0 Å². The minimum absolute atomic E-state index is 0.166. The van der Waals surface area contributed by atoms with E-state index in [1.807, 2.05) is 17.5 Å². The lowest BCUT2D eigenvalue weighted by atomic mass is 10.1. The molecule has 0 amide bonds. The van der Waals surface area contributed by atoms with Crippen LogP contribution in [0.15, 0.2) is 51.1 Å². The predicted molar refractivity (Wildman–Crippen MR) is 133 cm³/mol. The Hall–Kier alpha value is -1.36. The van der Waals surface area contributed by atoms with Crippen molar-refractivity contribution in [2.24, 2.45) is 0 Å². The second-order valence-corrected chi connectivity index (χ2v) is 11.7. The average molecular weight is 577 g/mol. The number of piperazine rings is 1. The van der Waals surface area contributed by atoms with Crippen molar-refractivity contribution in [3.05, 3.63) is 67.6 Å². The molecule has 0 N–H and O–H groups in total.